The number of halogens is 3. The van der Waals surface area contributed by atoms with Crippen LogP contribution in [0.2, 0.25) is 10.0 Å². The Hall–Kier alpha value is -1.67. The number of rotatable bonds is 3. The first-order valence-corrected chi connectivity index (χ1v) is 9.99. The van der Waals surface area contributed by atoms with Gasteiger partial charge >= 0.3 is 0 Å². The van der Waals surface area contributed by atoms with Gasteiger partial charge in [-0.25, -0.2) is 12.8 Å². The van der Waals surface area contributed by atoms with Crippen molar-refractivity contribution in [3.8, 4) is 0 Å². The fraction of sp³-hybridized carbons (Fsp3) is 0.235. The third-order valence-electron chi connectivity index (χ3n) is 4.12. The highest BCUT2D eigenvalue weighted by Gasteiger charge is 2.31. The maximum atomic E-state index is 13.1. The van der Waals surface area contributed by atoms with Gasteiger partial charge in [0.05, 0.1) is 15.5 Å². The van der Waals surface area contributed by atoms with E-state index in [1.165, 1.54) is 33.5 Å². The second-order valence-electron chi connectivity index (χ2n) is 5.78. The van der Waals surface area contributed by atoms with Crippen molar-refractivity contribution in [3.05, 3.63) is 63.9 Å². The van der Waals surface area contributed by atoms with E-state index in [9.17, 15) is 17.6 Å². The Balaban J connectivity index is 1.72. The third-order valence-corrected chi connectivity index (χ3v) is 6.56. The molecule has 0 aliphatic carbocycles. The van der Waals surface area contributed by atoms with Gasteiger partial charge in [0.25, 0.3) is 5.91 Å². The minimum atomic E-state index is -3.68. The van der Waals surface area contributed by atoms with Crippen molar-refractivity contribution < 1.29 is 17.6 Å². The van der Waals surface area contributed by atoms with Crippen LogP contribution in [-0.4, -0.2) is 49.7 Å². The van der Waals surface area contributed by atoms with Gasteiger partial charge in [-0.05, 0) is 36.4 Å². The summed E-state index contributed by atoms with van der Waals surface area (Å²) in [4.78, 5) is 14.2. The average molecular weight is 417 g/mol. The van der Waals surface area contributed by atoms with Crippen molar-refractivity contribution in [2.75, 3.05) is 26.2 Å². The minimum Gasteiger partial charge on any atom is -0.336 e. The average Bonchev–Trinajstić information content (AvgIpc) is 2.61. The summed E-state index contributed by atoms with van der Waals surface area (Å²) in [6.45, 7) is 0.734. The fourth-order valence-corrected chi connectivity index (χ4v) is 4.71. The van der Waals surface area contributed by atoms with Crippen molar-refractivity contribution >= 4 is 39.1 Å². The highest BCUT2D eigenvalue weighted by Crippen LogP contribution is 2.23. The Kier molecular flexibility index (Phi) is 5.53. The first kappa shape index (κ1) is 19.1. The van der Waals surface area contributed by atoms with E-state index in [0.717, 1.165) is 6.07 Å². The largest absolute Gasteiger partial charge is 0.336 e. The Labute approximate surface area is 161 Å². The normalized spacial score (nSPS) is 15.9. The predicted molar refractivity (Wildman–Crippen MR) is 97.5 cm³/mol. The Morgan fingerprint density at radius 2 is 1.69 bits per heavy atom. The van der Waals surface area contributed by atoms with Crippen molar-refractivity contribution in [1.82, 2.24) is 9.21 Å². The molecule has 0 unspecified atom stereocenters. The molecular weight excluding hydrogens is 402 g/mol. The molecule has 1 aliphatic rings. The predicted octanol–water partition coefficient (Wildman–Crippen LogP) is 3.28. The number of benzene rings is 2. The molecule has 0 radical (unpaired) electrons. The lowest BCUT2D eigenvalue weighted by atomic mass is 10.2. The molecule has 0 N–H and O–H groups in total. The number of amides is 1. The Bertz CT molecular complexity index is 945. The summed E-state index contributed by atoms with van der Waals surface area (Å²) < 4.78 is 39.8. The summed E-state index contributed by atoms with van der Waals surface area (Å²) in [6.07, 6.45) is 0. The second-order valence-corrected chi connectivity index (χ2v) is 8.56. The molecule has 0 saturated carbocycles. The maximum Gasteiger partial charge on any atom is 0.255 e. The maximum absolute atomic E-state index is 13.1. The fourth-order valence-electron chi connectivity index (χ4n) is 2.74. The smallest absolute Gasteiger partial charge is 0.255 e. The topological polar surface area (TPSA) is 57.7 Å². The van der Waals surface area contributed by atoms with E-state index in [0.29, 0.717) is 5.02 Å². The number of sulfonamides is 1. The van der Waals surface area contributed by atoms with Crippen molar-refractivity contribution in [3.63, 3.8) is 0 Å². The monoisotopic (exact) mass is 416 g/mol. The molecular formula is C17H15Cl2FN2O3S. The molecule has 1 saturated heterocycles. The summed E-state index contributed by atoms with van der Waals surface area (Å²) in [5.74, 6) is -0.876. The van der Waals surface area contributed by atoms with E-state index in [4.69, 9.17) is 23.2 Å². The molecule has 138 valence electrons. The highest BCUT2D eigenvalue weighted by atomic mass is 35.5. The minimum absolute atomic E-state index is 0.0315. The molecule has 2 aromatic rings. The first-order valence-electron chi connectivity index (χ1n) is 7.79. The Morgan fingerprint density at radius 1 is 1.00 bits per heavy atom. The molecule has 26 heavy (non-hydrogen) atoms. The molecule has 3 rings (SSSR count). The molecule has 2 aromatic carbocycles. The summed E-state index contributed by atoms with van der Waals surface area (Å²) in [7, 11) is -3.68. The van der Waals surface area contributed by atoms with E-state index in [1.807, 2.05) is 0 Å². The zero-order valence-corrected chi connectivity index (χ0v) is 15.9. The molecule has 0 aromatic heterocycles. The zero-order valence-electron chi connectivity index (χ0n) is 13.5. The molecule has 1 fully saturated rings. The van der Waals surface area contributed by atoms with Crippen LogP contribution in [0.3, 0.4) is 0 Å². The molecule has 0 atom stereocenters. The van der Waals surface area contributed by atoms with Crippen LogP contribution in [0.4, 0.5) is 4.39 Å². The Morgan fingerprint density at radius 3 is 2.31 bits per heavy atom. The highest BCUT2D eigenvalue weighted by molar-refractivity contribution is 7.89. The van der Waals surface area contributed by atoms with Crippen molar-refractivity contribution in [2.24, 2.45) is 0 Å². The number of hydrogen-bond acceptors (Lipinski definition) is 3. The van der Waals surface area contributed by atoms with Gasteiger partial charge in [0, 0.05) is 31.2 Å². The van der Waals surface area contributed by atoms with Crippen LogP contribution in [0.15, 0.2) is 47.4 Å². The summed E-state index contributed by atoms with van der Waals surface area (Å²) in [5, 5.41) is 0.370. The van der Waals surface area contributed by atoms with E-state index >= 15 is 0 Å². The quantitative estimate of drug-likeness (QED) is 0.771. The van der Waals surface area contributed by atoms with Crippen LogP contribution in [-0.2, 0) is 10.0 Å². The lowest BCUT2D eigenvalue weighted by molar-refractivity contribution is 0.0698. The van der Waals surface area contributed by atoms with Crippen LogP contribution in [0.25, 0.3) is 0 Å². The number of carbonyl (C=O) groups excluding carboxylic acids is 1. The van der Waals surface area contributed by atoms with Gasteiger partial charge in [-0.3, -0.25) is 4.79 Å². The molecule has 9 heteroatoms. The summed E-state index contributed by atoms with van der Waals surface area (Å²) in [5.41, 5.74) is 0.194. The zero-order chi connectivity index (χ0) is 18.9. The van der Waals surface area contributed by atoms with Crippen LogP contribution in [0.1, 0.15) is 10.4 Å². The number of hydrogen-bond donors (Lipinski definition) is 0. The van der Waals surface area contributed by atoms with Crippen LogP contribution in [0, 0.1) is 5.82 Å². The van der Waals surface area contributed by atoms with Crippen molar-refractivity contribution in [1.29, 1.82) is 0 Å². The van der Waals surface area contributed by atoms with Gasteiger partial charge in [0.1, 0.15) is 5.82 Å². The lowest BCUT2D eigenvalue weighted by Gasteiger charge is -2.34. The van der Waals surface area contributed by atoms with Gasteiger partial charge < -0.3 is 4.90 Å². The standard InChI is InChI=1S/C17H15Cl2FN2O3S/c18-12-2-1-3-14(10-12)26(24,25)22-8-6-21(7-9-22)17(23)15-5-4-13(20)11-16(15)19/h1-5,10-11H,6-9H2. The van der Waals surface area contributed by atoms with E-state index in [-0.39, 0.29) is 47.6 Å². The molecule has 1 aliphatic heterocycles. The summed E-state index contributed by atoms with van der Waals surface area (Å²) >= 11 is 11.8. The molecule has 5 nitrogen and oxygen atoms in total. The second kappa shape index (κ2) is 7.52. The van der Waals surface area contributed by atoms with E-state index in [1.54, 1.807) is 12.1 Å². The van der Waals surface area contributed by atoms with Gasteiger partial charge in [0.15, 0.2) is 0 Å². The molecule has 0 spiro atoms. The lowest BCUT2D eigenvalue weighted by Crippen LogP contribution is -2.50. The van der Waals surface area contributed by atoms with Crippen LogP contribution >= 0.6 is 23.2 Å². The van der Waals surface area contributed by atoms with Gasteiger partial charge in [0.2, 0.25) is 10.0 Å². The van der Waals surface area contributed by atoms with Gasteiger partial charge in [-0.2, -0.15) is 4.31 Å². The van der Waals surface area contributed by atoms with E-state index < -0.39 is 15.8 Å². The molecule has 1 amide bonds. The number of carbonyl (C=O) groups is 1. The van der Waals surface area contributed by atoms with E-state index in [2.05, 4.69) is 0 Å². The number of nitrogens with zero attached hydrogens (tertiary/aromatic N) is 2. The summed E-state index contributed by atoms with van der Waals surface area (Å²) in [6, 6.07) is 9.63. The third kappa shape index (κ3) is 3.86. The van der Waals surface area contributed by atoms with Gasteiger partial charge in [-0.1, -0.05) is 29.3 Å². The first-order chi connectivity index (χ1) is 12.3. The van der Waals surface area contributed by atoms with Crippen molar-refractivity contribution in [2.45, 2.75) is 4.90 Å². The number of piperazine rings is 1. The molecule has 1 heterocycles. The van der Waals surface area contributed by atoms with Crippen LogP contribution < -0.4 is 0 Å². The SMILES string of the molecule is O=C(c1ccc(F)cc1Cl)N1CCN(S(=O)(=O)c2cccc(Cl)c2)CC1. The van der Waals surface area contributed by atoms with Gasteiger partial charge in [-0.15, -0.1) is 0 Å². The molecule has 0 bridgehead atoms. The van der Waals surface area contributed by atoms with Crippen LogP contribution in [0.5, 0.6) is 0 Å².